The van der Waals surface area contributed by atoms with Crippen LogP contribution in [0.5, 0.6) is 0 Å². The van der Waals surface area contributed by atoms with E-state index in [1.165, 1.54) is 0 Å². The summed E-state index contributed by atoms with van der Waals surface area (Å²) in [5, 5.41) is 11.1. The minimum Gasteiger partial charge on any atom is -0.852 e. The Bertz CT molecular complexity index is 199. The maximum Gasteiger partial charge on any atom is 1.00 e. The molecule has 0 aromatic heterocycles. The molecule has 0 aromatic rings. The van der Waals surface area contributed by atoms with Crippen LogP contribution in [0.25, 0.3) is 0 Å². The van der Waals surface area contributed by atoms with Crippen LogP contribution in [-0.2, 0) is 9.47 Å². The van der Waals surface area contributed by atoms with Crippen LogP contribution in [0.3, 0.4) is 0 Å². The van der Waals surface area contributed by atoms with Crippen LogP contribution >= 0.6 is 0 Å². The molecule has 0 aliphatic carbocycles. The van der Waals surface area contributed by atoms with Gasteiger partial charge in [-0.05, 0) is 12.8 Å². The standard InChI is InChI=1S/C9H13F6O3.Li/c10-8(11,12)5-17-3-1-7(16)2-4-18-6-9(13,14)15;/h7H,1-6H2;/q-1;+1. The van der Waals surface area contributed by atoms with E-state index in [9.17, 15) is 31.4 Å². The van der Waals surface area contributed by atoms with Crippen LogP contribution < -0.4 is 24.0 Å². The molecule has 10 heteroatoms. The summed E-state index contributed by atoms with van der Waals surface area (Å²) in [5.74, 6) is 0. The molecule has 0 unspecified atom stereocenters. The van der Waals surface area contributed by atoms with E-state index in [4.69, 9.17) is 0 Å². The Morgan fingerprint density at radius 1 is 0.789 bits per heavy atom. The Labute approximate surface area is 118 Å². The molecule has 0 amide bonds. The van der Waals surface area contributed by atoms with Gasteiger partial charge in [-0.25, -0.2) is 0 Å². The second-order valence-corrected chi connectivity index (χ2v) is 3.53. The molecule has 0 atom stereocenters. The van der Waals surface area contributed by atoms with Crippen molar-refractivity contribution in [3.05, 3.63) is 0 Å². The Kier molecular flexibility index (Phi) is 11.1. The van der Waals surface area contributed by atoms with Crippen molar-refractivity contribution in [3.8, 4) is 0 Å². The zero-order chi connectivity index (χ0) is 14.2. The number of hydrogen-bond donors (Lipinski definition) is 0. The average molecular weight is 290 g/mol. The molecule has 19 heavy (non-hydrogen) atoms. The van der Waals surface area contributed by atoms with Gasteiger partial charge in [0.15, 0.2) is 0 Å². The minimum atomic E-state index is -4.45. The predicted octanol–water partition coefficient (Wildman–Crippen LogP) is -1.34. The minimum absolute atomic E-state index is 0. The summed E-state index contributed by atoms with van der Waals surface area (Å²) >= 11 is 0. The van der Waals surface area contributed by atoms with Gasteiger partial charge in [-0.3, -0.25) is 0 Å². The summed E-state index contributed by atoms with van der Waals surface area (Å²) in [6.45, 7) is -3.64. The van der Waals surface area contributed by atoms with Crippen molar-refractivity contribution in [2.45, 2.75) is 31.3 Å². The van der Waals surface area contributed by atoms with Gasteiger partial charge in [-0.15, -0.1) is 6.10 Å². The third kappa shape index (κ3) is 18.1. The van der Waals surface area contributed by atoms with Gasteiger partial charge in [0, 0.05) is 13.2 Å². The summed E-state index contributed by atoms with van der Waals surface area (Å²) in [7, 11) is 0. The fourth-order valence-electron chi connectivity index (χ4n) is 0.950. The first-order chi connectivity index (χ1) is 8.10. The molecule has 110 valence electrons. The molecular weight excluding hydrogens is 277 g/mol. The Balaban J connectivity index is 0. The van der Waals surface area contributed by atoms with Gasteiger partial charge < -0.3 is 14.6 Å². The maximum absolute atomic E-state index is 11.6. The average Bonchev–Trinajstić information content (AvgIpc) is 2.17. The number of halogens is 6. The number of rotatable bonds is 8. The third-order valence-electron chi connectivity index (χ3n) is 1.70. The summed E-state index contributed by atoms with van der Waals surface area (Å²) < 4.78 is 78.0. The van der Waals surface area contributed by atoms with Crippen molar-refractivity contribution in [1.82, 2.24) is 0 Å². The van der Waals surface area contributed by atoms with E-state index in [-0.39, 0.29) is 44.9 Å². The van der Waals surface area contributed by atoms with E-state index in [0.717, 1.165) is 0 Å². The predicted molar refractivity (Wildman–Crippen MR) is 46.8 cm³/mol. The smallest absolute Gasteiger partial charge is 0.852 e. The first-order valence-corrected chi connectivity index (χ1v) is 5.05. The van der Waals surface area contributed by atoms with Crippen LogP contribution in [0.4, 0.5) is 26.3 Å². The summed E-state index contributed by atoms with van der Waals surface area (Å²) in [6, 6.07) is 0. The normalized spacial score (nSPS) is 12.6. The zero-order valence-electron chi connectivity index (χ0n) is 10.3. The molecule has 0 aliphatic rings. The summed E-state index contributed by atoms with van der Waals surface area (Å²) in [5.41, 5.74) is 0. The molecule has 0 spiro atoms. The van der Waals surface area contributed by atoms with Gasteiger partial charge >= 0.3 is 31.2 Å². The summed E-state index contributed by atoms with van der Waals surface area (Å²) in [6.07, 6.45) is -10.6. The third-order valence-corrected chi connectivity index (χ3v) is 1.70. The molecule has 0 saturated carbocycles. The van der Waals surface area contributed by atoms with Crippen LogP contribution in [0.15, 0.2) is 0 Å². The first kappa shape index (κ1) is 21.4. The molecule has 0 aromatic carbocycles. The van der Waals surface area contributed by atoms with Gasteiger partial charge in [0.1, 0.15) is 13.2 Å². The molecular formula is C9H13F6LiO3. The quantitative estimate of drug-likeness (QED) is 0.315. The second kappa shape index (κ2) is 9.88. The van der Waals surface area contributed by atoms with Gasteiger partial charge in [0.25, 0.3) is 0 Å². The maximum atomic E-state index is 11.6. The SMILES string of the molecule is [Li+].[O-]C(CCOCC(F)(F)F)CCOCC(F)(F)F. The molecule has 0 N–H and O–H groups in total. The van der Waals surface area contributed by atoms with Gasteiger partial charge in [-0.1, -0.05) is 0 Å². The van der Waals surface area contributed by atoms with Crippen molar-refractivity contribution in [1.29, 1.82) is 0 Å². The van der Waals surface area contributed by atoms with Gasteiger partial charge in [-0.2, -0.15) is 26.3 Å². The van der Waals surface area contributed by atoms with Crippen molar-refractivity contribution < 1.29 is 59.8 Å². The van der Waals surface area contributed by atoms with E-state index < -0.39 is 31.7 Å². The van der Waals surface area contributed by atoms with E-state index in [2.05, 4.69) is 9.47 Å². The second-order valence-electron chi connectivity index (χ2n) is 3.53. The van der Waals surface area contributed by atoms with Crippen LogP contribution in [-0.4, -0.2) is 44.9 Å². The van der Waals surface area contributed by atoms with Crippen molar-refractivity contribution >= 4 is 0 Å². The van der Waals surface area contributed by atoms with Crippen LogP contribution in [0.2, 0.25) is 0 Å². The van der Waals surface area contributed by atoms with E-state index in [1.54, 1.807) is 0 Å². The van der Waals surface area contributed by atoms with E-state index in [0.29, 0.717) is 0 Å². The van der Waals surface area contributed by atoms with Crippen LogP contribution in [0, 0.1) is 0 Å². The zero-order valence-corrected chi connectivity index (χ0v) is 10.3. The van der Waals surface area contributed by atoms with Crippen LogP contribution in [0.1, 0.15) is 12.8 Å². The van der Waals surface area contributed by atoms with E-state index >= 15 is 0 Å². The first-order valence-electron chi connectivity index (χ1n) is 5.05. The van der Waals surface area contributed by atoms with E-state index in [1.807, 2.05) is 0 Å². The molecule has 3 nitrogen and oxygen atoms in total. The Morgan fingerprint density at radius 2 is 1.11 bits per heavy atom. The number of ether oxygens (including phenoxy) is 2. The number of alkyl halides is 6. The molecule has 0 fully saturated rings. The monoisotopic (exact) mass is 290 g/mol. The molecule has 0 radical (unpaired) electrons. The Morgan fingerprint density at radius 3 is 1.37 bits per heavy atom. The molecule has 0 saturated heterocycles. The fraction of sp³-hybridized carbons (Fsp3) is 1.00. The molecule has 0 heterocycles. The van der Waals surface area contributed by atoms with Gasteiger partial charge in [0.2, 0.25) is 0 Å². The van der Waals surface area contributed by atoms with Gasteiger partial charge in [0.05, 0.1) is 0 Å². The summed E-state index contributed by atoms with van der Waals surface area (Å²) in [4.78, 5) is 0. The topological polar surface area (TPSA) is 41.5 Å². The van der Waals surface area contributed by atoms with Crippen molar-refractivity contribution in [2.75, 3.05) is 26.4 Å². The van der Waals surface area contributed by atoms with Crippen molar-refractivity contribution in [3.63, 3.8) is 0 Å². The molecule has 0 rings (SSSR count). The number of hydrogen-bond acceptors (Lipinski definition) is 3. The molecule has 0 bridgehead atoms. The molecule has 0 aliphatic heterocycles. The Hall–Kier alpha value is 0.0574. The largest absolute Gasteiger partial charge is 1.00 e. The fourth-order valence-corrected chi connectivity index (χ4v) is 0.950. The van der Waals surface area contributed by atoms with Crippen molar-refractivity contribution in [2.24, 2.45) is 0 Å².